The molecule has 12 atom stereocenters. The molecule has 37 nitrogen and oxygen atoms in total. The smallest absolute Gasteiger partial charge is 0.303 e. The predicted octanol–water partition coefficient (Wildman–Crippen LogP) is -2.33. The number of carboxylic acids is 1. The second kappa shape index (κ2) is 43.5. The average molecular weight is 1630 g/mol. The van der Waals surface area contributed by atoms with Crippen LogP contribution in [-0.4, -0.2) is 220 Å². The minimum Gasteiger partial charge on any atom is -0.508 e. The number of phenols is 2. The van der Waals surface area contributed by atoms with E-state index in [-0.39, 0.29) is 61.7 Å². The van der Waals surface area contributed by atoms with Crippen LogP contribution in [-0.2, 0) is 104 Å². The number of amides is 14. The first-order valence-electron chi connectivity index (χ1n) is 36.6. The minimum atomic E-state index is -1.92. The number of aromatic hydroxyl groups is 2. The number of nitrogens with two attached hydrogens (primary N) is 2. The Kier molecular flexibility index (Phi) is 33.9. The summed E-state index contributed by atoms with van der Waals surface area (Å²) >= 11 is 8.46. The van der Waals surface area contributed by atoms with Crippen molar-refractivity contribution in [3.63, 3.8) is 0 Å². The van der Waals surface area contributed by atoms with E-state index in [1.807, 2.05) is 0 Å². The van der Waals surface area contributed by atoms with Crippen molar-refractivity contribution in [1.29, 1.82) is 0 Å². The molecule has 7 aromatic rings. The van der Waals surface area contributed by atoms with Gasteiger partial charge in [0.2, 0.25) is 82.7 Å². The van der Waals surface area contributed by atoms with Crippen LogP contribution in [0.5, 0.6) is 11.5 Å². The van der Waals surface area contributed by atoms with Crippen LogP contribution in [0.3, 0.4) is 0 Å². The lowest BCUT2D eigenvalue weighted by atomic mass is 9.99. The maximum absolute atomic E-state index is 15.3. The van der Waals surface area contributed by atoms with E-state index in [4.69, 9.17) is 11.5 Å². The van der Waals surface area contributed by atoms with Crippen LogP contribution in [0.2, 0.25) is 0 Å². The molecular weight excluding hydrogens is 1530 g/mol. The summed E-state index contributed by atoms with van der Waals surface area (Å²) in [6.07, 6.45) is 0.247. The van der Waals surface area contributed by atoms with Crippen molar-refractivity contribution >= 4 is 136 Å². The SMILES string of the molecule is CC(=O)N[C@@H](CS)C(=O)N[C@@H](CCC(N)=O)C(=O)N[C@H](C(=O)N[C@@H](Cc1c[nH]c2ccccc12)C(=O)N[C@@H](CCC(=O)O)C(=O)N[C@@H](CS)C(=O)N[C@@H](Cc1ccc(O)cc1)C(=O)N[C@@H](Cc1c[nH]c2ccccc12)C(=O)N[C@@H](Cc1cnc[nH]1)C(=O)N[C@@H](CC(C)C)C(=O)N[C@@H](Cc1ccc(O)cc1)C(=O)NCC(N)=O)[C@@H](C)O. The van der Waals surface area contributed by atoms with Crippen molar-refractivity contribution < 1.29 is 92.3 Å². The number of imidazole rings is 1. The minimum absolute atomic E-state index is 0.0169. The van der Waals surface area contributed by atoms with Crippen molar-refractivity contribution in [2.45, 2.75) is 164 Å². The highest BCUT2D eigenvalue weighted by atomic mass is 32.1. The van der Waals surface area contributed by atoms with Crippen LogP contribution in [0.1, 0.15) is 87.7 Å². The van der Waals surface area contributed by atoms with Gasteiger partial charge >= 0.3 is 5.97 Å². The molecule has 0 unspecified atom stereocenters. The third-order valence-electron chi connectivity index (χ3n) is 18.2. The van der Waals surface area contributed by atoms with Gasteiger partial charge in [-0.25, -0.2) is 4.98 Å². The van der Waals surface area contributed by atoms with Crippen LogP contribution in [0.25, 0.3) is 21.8 Å². The van der Waals surface area contributed by atoms with E-state index < -0.39 is 199 Å². The highest BCUT2D eigenvalue weighted by Crippen LogP contribution is 2.23. The van der Waals surface area contributed by atoms with Crippen LogP contribution in [0.4, 0.5) is 0 Å². The number of benzene rings is 4. The van der Waals surface area contributed by atoms with Crippen molar-refractivity contribution in [1.82, 2.24) is 83.7 Å². The topological polar surface area (TPSA) is 594 Å². The molecule has 0 fully saturated rings. The summed E-state index contributed by atoms with van der Waals surface area (Å²) in [5.41, 5.74) is 14.0. The Morgan fingerprint density at radius 2 is 0.817 bits per heavy atom. The van der Waals surface area contributed by atoms with Gasteiger partial charge in [0, 0.05) is 109 Å². The Morgan fingerprint density at radius 3 is 1.24 bits per heavy atom. The Hall–Kier alpha value is -12.5. The standard InChI is InChI=1S/C76H96N18O19S2/c1-38(2)25-54(69(106)88-55(66(103)82-34-63(78)100)26-41-13-17-46(97)18-14-41)87-73(110)59(30-45-33-79-37-83-45)91-72(109)57(28-43-31-80-50-11-7-5-9-48(43)50)90-70(107)56(27-42-15-19-47(98)20-16-42)89-75(112)61(36-115)93-67(104)53(22-24-64(101)102)85-71(108)58(29-44-32-81-51-12-8-6-10-49(44)51)92-76(113)65(39(3)95)94-68(105)52(21-23-62(77)99)86-74(111)60(35-114)84-40(4)96/h5-20,31-33,37-39,52-61,65,80-81,95,97-98,114-115H,21-30,34-36H2,1-4H3,(H2,77,99)(H2,78,100)(H,79,83)(H,82,103)(H,84,96)(H,85,108)(H,86,111)(H,87,110)(H,88,106)(H,89,112)(H,90,107)(H,91,109)(H,92,113)(H,93,104)(H,94,105)(H,101,102)/t39-,52+,53+,54+,55+,56+,57+,58+,59+,60+,61+,65+/m1/s1. The number of aromatic nitrogens is 4. The van der Waals surface area contributed by atoms with Gasteiger partial charge in [-0.2, -0.15) is 25.3 Å². The number of aromatic amines is 3. The molecule has 0 bridgehead atoms. The number of para-hydroxylation sites is 2. The number of carbonyl (C=O) groups is 15. The fourth-order valence-electron chi connectivity index (χ4n) is 12.3. The number of carboxylic acid groups (broad SMARTS) is 1. The van der Waals surface area contributed by atoms with E-state index in [9.17, 15) is 82.8 Å². The molecule has 616 valence electrons. The average Bonchev–Trinajstić information content (AvgIpc) is 1.73. The van der Waals surface area contributed by atoms with E-state index in [0.29, 0.717) is 49.8 Å². The second-order valence-corrected chi connectivity index (χ2v) is 28.5. The lowest BCUT2D eigenvalue weighted by molar-refractivity contribution is -0.139. The zero-order chi connectivity index (χ0) is 84.2. The Bertz CT molecular complexity index is 4600. The summed E-state index contributed by atoms with van der Waals surface area (Å²) < 4.78 is 0. The number of hydrogen-bond acceptors (Lipinski definition) is 21. The summed E-state index contributed by atoms with van der Waals surface area (Å²) in [4.78, 5) is 220. The number of nitrogens with zero attached hydrogens (tertiary/aromatic N) is 1. The molecule has 3 heterocycles. The van der Waals surface area contributed by atoms with Crippen LogP contribution >= 0.6 is 25.3 Å². The zero-order valence-electron chi connectivity index (χ0n) is 63.2. The number of aliphatic hydroxyl groups excluding tert-OH is 1. The molecule has 14 amide bonds. The molecule has 4 aromatic carbocycles. The van der Waals surface area contributed by atoms with Crippen molar-refractivity contribution in [3.8, 4) is 11.5 Å². The van der Waals surface area contributed by atoms with Gasteiger partial charge in [-0.1, -0.05) is 74.5 Å². The zero-order valence-corrected chi connectivity index (χ0v) is 64.9. The first-order chi connectivity index (χ1) is 54.7. The van der Waals surface area contributed by atoms with Gasteiger partial charge in [-0.3, -0.25) is 71.9 Å². The van der Waals surface area contributed by atoms with Gasteiger partial charge in [0.25, 0.3) is 0 Å². The van der Waals surface area contributed by atoms with E-state index in [1.165, 1.54) is 67.3 Å². The molecule has 0 saturated carbocycles. The third-order valence-corrected chi connectivity index (χ3v) is 18.9. The monoisotopic (exact) mass is 1630 g/mol. The summed E-state index contributed by atoms with van der Waals surface area (Å²) in [7, 11) is 0. The molecular formula is C76H96N18O19S2. The molecule has 3 aromatic heterocycles. The fourth-order valence-corrected chi connectivity index (χ4v) is 12.8. The highest BCUT2D eigenvalue weighted by molar-refractivity contribution is 7.80. The molecule has 39 heteroatoms. The normalized spacial score (nSPS) is 14.3. The number of carbonyl (C=O) groups excluding carboxylic acids is 14. The molecule has 115 heavy (non-hydrogen) atoms. The molecule has 23 N–H and O–H groups in total. The number of thiol groups is 2. The number of rotatable bonds is 45. The number of aliphatic hydroxyl groups is 1. The van der Waals surface area contributed by atoms with Crippen molar-refractivity contribution in [2.24, 2.45) is 17.4 Å². The number of aliphatic carboxylic acids is 1. The maximum Gasteiger partial charge on any atom is 0.303 e. The first-order valence-corrected chi connectivity index (χ1v) is 37.9. The van der Waals surface area contributed by atoms with Gasteiger partial charge in [-0.05, 0) is 90.8 Å². The van der Waals surface area contributed by atoms with Crippen molar-refractivity contribution in [2.75, 3.05) is 18.1 Å². The molecule has 0 aliphatic rings. The number of hydrogen-bond donors (Lipinski definition) is 23. The van der Waals surface area contributed by atoms with Crippen LogP contribution < -0.4 is 75.3 Å². The molecule has 0 aliphatic heterocycles. The van der Waals surface area contributed by atoms with E-state index in [1.54, 1.807) is 68.6 Å². The predicted molar refractivity (Wildman–Crippen MR) is 423 cm³/mol. The van der Waals surface area contributed by atoms with Gasteiger partial charge in [0.15, 0.2) is 0 Å². The molecule has 0 aliphatic carbocycles. The number of primary amides is 2. The Balaban J connectivity index is 1.16. The maximum atomic E-state index is 15.3. The Labute approximate surface area is 669 Å². The first kappa shape index (κ1) is 89.7. The largest absolute Gasteiger partial charge is 0.508 e. The quantitative estimate of drug-likeness (QED) is 0.0178. The summed E-state index contributed by atoms with van der Waals surface area (Å²) in [6, 6.07) is 7.32. The van der Waals surface area contributed by atoms with E-state index >= 15 is 9.59 Å². The molecule has 0 radical (unpaired) electrons. The van der Waals surface area contributed by atoms with Crippen LogP contribution in [0.15, 0.2) is 122 Å². The second-order valence-electron chi connectivity index (χ2n) is 27.8. The molecule has 0 saturated heterocycles. The van der Waals surface area contributed by atoms with Crippen molar-refractivity contribution in [3.05, 3.63) is 150 Å². The highest BCUT2D eigenvalue weighted by Gasteiger charge is 2.39. The lowest BCUT2D eigenvalue weighted by Crippen LogP contribution is -2.62. The summed E-state index contributed by atoms with van der Waals surface area (Å²) in [5.74, 6) is -16.3. The number of H-pyrrole nitrogens is 3. The number of nitrogens with one attached hydrogen (secondary N) is 15. The van der Waals surface area contributed by atoms with Gasteiger partial charge < -0.3 is 111 Å². The third kappa shape index (κ3) is 28.0. The van der Waals surface area contributed by atoms with Crippen LogP contribution in [0, 0.1) is 5.92 Å². The molecule has 0 spiro atoms. The van der Waals surface area contributed by atoms with Gasteiger partial charge in [0.1, 0.15) is 78.0 Å². The Morgan fingerprint density at radius 1 is 0.435 bits per heavy atom. The number of fused-ring (bicyclic) bond motifs is 2. The van der Waals surface area contributed by atoms with Gasteiger partial charge in [-0.15, -0.1) is 0 Å². The summed E-state index contributed by atoms with van der Waals surface area (Å²) in [5, 5.41) is 72.8. The lowest BCUT2D eigenvalue weighted by Gasteiger charge is -2.29. The van der Waals surface area contributed by atoms with Gasteiger partial charge in [0.05, 0.1) is 19.0 Å². The molecule has 7 rings (SSSR count). The summed E-state index contributed by atoms with van der Waals surface area (Å²) in [6.45, 7) is 5.20. The van der Waals surface area contributed by atoms with E-state index in [0.717, 1.165) is 13.8 Å². The fraction of sp³-hybridized carbons (Fsp3) is 0.395. The van der Waals surface area contributed by atoms with E-state index in [2.05, 4.69) is 109 Å². The number of phenolic OH excluding ortho intramolecular Hbond substituents is 2.